The van der Waals surface area contributed by atoms with Crippen molar-refractivity contribution < 1.29 is 13.9 Å². The molecule has 0 amide bonds. The van der Waals surface area contributed by atoms with Gasteiger partial charge >= 0.3 is 0 Å². The molecule has 0 aliphatic rings. The second-order valence-corrected chi connectivity index (χ2v) is 3.67. The maximum Gasteiger partial charge on any atom is 0.146 e. The highest BCUT2D eigenvalue weighted by molar-refractivity contribution is 5.50. The molecule has 0 heterocycles. The van der Waals surface area contributed by atoms with Crippen molar-refractivity contribution in [2.24, 2.45) is 0 Å². The minimum absolute atomic E-state index is 0.154. The van der Waals surface area contributed by atoms with Crippen molar-refractivity contribution >= 4 is 5.69 Å². The number of halogens is 1. The molecule has 16 heavy (non-hydrogen) atoms. The smallest absolute Gasteiger partial charge is 0.146 e. The lowest BCUT2D eigenvalue weighted by Gasteiger charge is -2.15. The van der Waals surface area contributed by atoms with Gasteiger partial charge in [-0.2, -0.15) is 0 Å². The number of nitrogens with one attached hydrogen (secondary N) is 1. The molecule has 0 fully saturated rings. The lowest BCUT2D eigenvalue weighted by atomic mass is 10.2. The molecule has 1 rings (SSSR count). The van der Waals surface area contributed by atoms with Crippen molar-refractivity contribution in [3.63, 3.8) is 0 Å². The molecule has 0 aromatic heterocycles. The predicted molar refractivity (Wildman–Crippen MR) is 62.5 cm³/mol. The highest BCUT2D eigenvalue weighted by Gasteiger charge is 2.07. The third kappa shape index (κ3) is 3.70. The zero-order valence-corrected chi connectivity index (χ0v) is 9.92. The van der Waals surface area contributed by atoms with Gasteiger partial charge in [-0.25, -0.2) is 4.39 Å². The fraction of sp³-hybridized carbons (Fsp3) is 0.500. The molecule has 0 bridgehead atoms. The summed E-state index contributed by atoms with van der Waals surface area (Å²) in [5.41, 5.74) is 0.461. The van der Waals surface area contributed by atoms with Crippen LogP contribution in [0.5, 0.6) is 5.75 Å². The van der Waals surface area contributed by atoms with Gasteiger partial charge in [-0.1, -0.05) is 0 Å². The van der Waals surface area contributed by atoms with Crippen molar-refractivity contribution in [1.29, 1.82) is 0 Å². The number of ether oxygens (including phenoxy) is 2. The number of benzene rings is 1. The minimum atomic E-state index is -0.273. The first kappa shape index (κ1) is 12.8. The second-order valence-electron chi connectivity index (χ2n) is 3.67. The highest BCUT2D eigenvalue weighted by atomic mass is 19.1. The first-order valence-electron chi connectivity index (χ1n) is 5.26. The molecule has 0 radical (unpaired) electrons. The fourth-order valence-electron chi connectivity index (χ4n) is 1.37. The van der Waals surface area contributed by atoms with Crippen LogP contribution in [0.1, 0.15) is 13.3 Å². The van der Waals surface area contributed by atoms with E-state index in [2.05, 4.69) is 5.32 Å². The van der Waals surface area contributed by atoms with Gasteiger partial charge in [0.25, 0.3) is 0 Å². The van der Waals surface area contributed by atoms with Crippen LogP contribution in [0.15, 0.2) is 18.2 Å². The van der Waals surface area contributed by atoms with Crippen molar-refractivity contribution in [1.82, 2.24) is 0 Å². The average molecular weight is 227 g/mol. The molecular weight excluding hydrogens is 209 g/mol. The van der Waals surface area contributed by atoms with Crippen LogP contribution in [-0.2, 0) is 4.74 Å². The molecule has 0 spiro atoms. The molecule has 1 N–H and O–H groups in total. The average Bonchev–Trinajstić information content (AvgIpc) is 2.29. The van der Waals surface area contributed by atoms with E-state index in [1.165, 1.54) is 6.07 Å². The molecule has 1 atom stereocenters. The number of anilines is 1. The Morgan fingerprint density at radius 2 is 2.12 bits per heavy atom. The van der Waals surface area contributed by atoms with Crippen molar-refractivity contribution in [3.8, 4) is 5.75 Å². The van der Waals surface area contributed by atoms with Crippen LogP contribution < -0.4 is 10.1 Å². The monoisotopic (exact) mass is 227 g/mol. The van der Waals surface area contributed by atoms with Crippen LogP contribution in [-0.4, -0.2) is 26.9 Å². The van der Waals surface area contributed by atoms with Gasteiger partial charge in [0.1, 0.15) is 11.6 Å². The summed E-state index contributed by atoms with van der Waals surface area (Å²) in [7, 11) is 3.21. The van der Waals surface area contributed by atoms with Gasteiger partial charge in [0.2, 0.25) is 0 Å². The Labute approximate surface area is 95.6 Å². The SMILES string of the molecule is COCCC(C)Nc1cc(OC)ccc1F. The van der Waals surface area contributed by atoms with Gasteiger partial charge in [0.15, 0.2) is 0 Å². The van der Waals surface area contributed by atoms with Crippen LogP contribution >= 0.6 is 0 Å². The van der Waals surface area contributed by atoms with E-state index in [4.69, 9.17) is 9.47 Å². The van der Waals surface area contributed by atoms with Crippen LogP contribution in [0.4, 0.5) is 10.1 Å². The van der Waals surface area contributed by atoms with Gasteiger partial charge in [-0.3, -0.25) is 0 Å². The highest BCUT2D eigenvalue weighted by Crippen LogP contribution is 2.22. The third-order valence-corrected chi connectivity index (χ3v) is 2.33. The van der Waals surface area contributed by atoms with E-state index in [1.54, 1.807) is 26.4 Å². The maximum absolute atomic E-state index is 13.4. The number of hydrogen-bond donors (Lipinski definition) is 1. The Morgan fingerprint density at radius 3 is 2.75 bits per heavy atom. The Balaban J connectivity index is 2.64. The summed E-state index contributed by atoms with van der Waals surface area (Å²) in [6.07, 6.45) is 0.827. The Bertz CT molecular complexity index is 331. The molecular formula is C12H18FNO2. The Morgan fingerprint density at radius 1 is 1.38 bits per heavy atom. The number of methoxy groups -OCH3 is 2. The molecule has 0 aliphatic heterocycles. The van der Waals surface area contributed by atoms with Crippen LogP contribution in [0.2, 0.25) is 0 Å². The first-order chi connectivity index (χ1) is 7.67. The van der Waals surface area contributed by atoms with E-state index in [9.17, 15) is 4.39 Å². The van der Waals surface area contributed by atoms with E-state index in [1.807, 2.05) is 6.92 Å². The van der Waals surface area contributed by atoms with Gasteiger partial charge in [-0.05, 0) is 25.5 Å². The van der Waals surface area contributed by atoms with E-state index in [-0.39, 0.29) is 11.9 Å². The predicted octanol–water partition coefficient (Wildman–Crippen LogP) is 2.67. The van der Waals surface area contributed by atoms with Crippen LogP contribution in [0.3, 0.4) is 0 Å². The lowest BCUT2D eigenvalue weighted by Crippen LogP contribution is -2.18. The maximum atomic E-state index is 13.4. The zero-order valence-electron chi connectivity index (χ0n) is 9.92. The van der Waals surface area contributed by atoms with E-state index < -0.39 is 0 Å². The van der Waals surface area contributed by atoms with Crippen molar-refractivity contribution in [2.45, 2.75) is 19.4 Å². The molecule has 4 heteroatoms. The first-order valence-corrected chi connectivity index (χ1v) is 5.26. The number of hydrogen-bond acceptors (Lipinski definition) is 3. The number of rotatable bonds is 6. The van der Waals surface area contributed by atoms with Crippen molar-refractivity contribution in [3.05, 3.63) is 24.0 Å². The Hall–Kier alpha value is -1.29. The summed E-state index contributed by atoms with van der Waals surface area (Å²) >= 11 is 0. The summed E-state index contributed by atoms with van der Waals surface area (Å²) < 4.78 is 23.4. The summed E-state index contributed by atoms with van der Waals surface area (Å²) in [6.45, 7) is 2.64. The summed E-state index contributed by atoms with van der Waals surface area (Å²) in [4.78, 5) is 0. The molecule has 3 nitrogen and oxygen atoms in total. The molecule has 1 aromatic rings. The van der Waals surface area contributed by atoms with Gasteiger partial charge < -0.3 is 14.8 Å². The molecule has 1 unspecified atom stereocenters. The third-order valence-electron chi connectivity index (χ3n) is 2.33. The molecule has 0 saturated heterocycles. The lowest BCUT2D eigenvalue weighted by molar-refractivity contribution is 0.191. The summed E-state index contributed by atoms with van der Waals surface area (Å²) in [6, 6.07) is 4.80. The normalized spacial score (nSPS) is 12.2. The van der Waals surface area contributed by atoms with Gasteiger partial charge in [0, 0.05) is 25.8 Å². The molecule has 1 aromatic carbocycles. The second kappa shape index (κ2) is 6.33. The van der Waals surface area contributed by atoms with Crippen molar-refractivity contribution in [2.75, 3.05) is 26.1 Å². The largest absolute Gasteiger partial charge is 0.497 e. The minimum Gasteiger partial charge on any atom is -0.497 e. The van der Waals surface area contributed by atoms with E-state index in [0.29, 0.717) is 18.0 Å². The Kier molecular flexibility index (Phi) is 5.05. The van der Waals surface area contributed by atoms with E-state index in [0.717, 1.165) is 6.42 Å². The standard InChI is InChI=1S/C12H18FNO2/c1-9(6-7-15-2)14-12-8-10(16-3)4-5-11(12)13/h4-5,8-9,14H,6-7H2,1-3H3. The quantitative estimate of drug-likeness (QED) is 0.810. The topological polar surface area (TPSA) is 30.5 Å². The van der Waals surface area contributed by atoms with E-state index >= 15 is 0 Å². The summed E-state index contributed by atoms with van der Waals surface area (Å²) in [5.74, 6) is 0.368. The molecule has 0 aliphatic carbocycles. The fourth-order valence-corrected chi connectivity index (χ4v) is 1.37. The van der Waals surface area contributed by atoms with Gasteiger partial charge in [0.05, 0.1) is 12.8 Å². The van der Waals surface area contributed by atoms with Crippen LogP contribution in [0, 0.1) is 5.82 Å². The molecule has 90 valence electrons. The zero-order chi connectivity index (χ0) is 12.0. The van der Waals surface area contributed by atoms with Crippen LogP contribution in [0.25, 0.3) is 0 Å². The molecule has 0 saturated carbocycles. The van der Waals surface area contributed by atoms with Gasteiger partial charge in [-0.15, -0.1) is 0 Å². The summed E-state index contributed by atoms with van der Waals surface area (Å²) in [5, 5.41) is 3.08.